The Balaban J connectivity index is 2.02. The van der Waals surface area contributed by atoms with Crippen molar-refractivity contribution in [1.82, 2.24) is 15.0 Å². The van der Waals surface area contributed by atoms with Gasteiger partial charge < -0.3 is 30.3 Å². The molecule has 1 aliphatic carbocycles. The van der Waals surface area contributed by atoms with E-state index in [0.29, 0.717) is 35.2 Å². The van der Waals surface area contributed by atoms with Crippen molar-refractivity contribution in [1.29, 1.82) is 0 Å². The number of methoxy groups -OCH3 is 1. The van der Waals surface area contributed by atoms with E-state index in [1.54, 1.807) is 37.3 Å². The maximum Gasteiger partial charge on any atom is 0.228 e. The van der Waals surface area contributed by atoms with Crippen LogP contribution in [0.25, 0.3) is 11.1 Å². The average molecular weight is 410 g/mol. The second kappa shape index (κ2) is 8.44. The Hall–Kier alpha value is -2.20. The van der Waals surface area contributed by atoms with Gasteiger partial charge in [0.2, 0.25) is 11.8 Å². The highest BCUT2D eigenvalue weighted by molar-refractivity contribution is 6.32. The largest absolute Gasteiger partial charge is 0.481 e. The molecule has 0 saturated heterocycles. The van der Waals surface area contributed by atoms with E-state index in [2.05, 4.69) is 20.3 Å². The first-order chi connectivity index (χ1) is 13.3. The molecular weight excluding hydrogens is 386 g/mol. The Labute approximate surface area is 168 Å². The fourth-order valence-corrected chi connectivity index (χ4v) is 3.53. The number of ether oxygens (including phenoxy) is 1. The van der Waals surface area contributed by atoms with Gasteiger partial charge in [0, 0.05) is 44.4 Å². The highest BCUT2D eigenvalue weighted by Crippen LogP contribution is 2.37. The molecule has 1 aliphatic rings. The van der Waals surface area contributed by atoms with Gasteiger partial charge in [0.15, 0.2) is 0 Å². The number of aliphatic hydroxyl groups is 3. The van der Waals surface area contributed by atoms with Crippen LogP contribution < -0.4 is 15.0 Å². The zero-order valence-corrected chi connectivity index (χ0v) is 16.6. The minimum absolute atomic E-state index is 0.209. The molecule has 2 heterocycles. The highest BCUT2D eigenvalue weighted by atomic mass is 35.5. The Morgan fingerprint density at radius 1 is 1.25 bits per heavy atom. The second-order valence-electron chi connectivity index (χ2n) is 6.93. The van der Waals surface area contributed by atoms with Gasteiger partial charge in [-0.05, 0) is 12.5 Å². The predicted molar refractivity (Wildman–Crippen MR) is 106 cm³/mol. The predicted octanol–water partition coefficient (Wildman–Crippen LogP) is 0.781. The normalized spacial score (nSPS) is 24.2. The zero-order valence-electron chi connectivity index (χ0n) is 15.9. The van der Waals surface area contributed by atoms with Crippen LogP contribution in [0.4, 0.5) is 11.8 Å². The van der Waals surface area contributed by atoms with Gasteiger partial charge in [-0.1, -0.05) is 11.6 Å². The summed E-state index contributed by atoms with van der Waals surface area (Å²) in [5, 5.41) is 33.3. The number of aliphatic hydroxyl groups excluding tert-OH is 3. The van der Waals surface area contributed by atoms with Gasteiger partial charge in [0.25, 0.3) is 0 Å². The van der Waals surface area contributed by atoms with Gasteiger partial charge in [0.05, 0.1) is 24.8 Å². The molecule has 0 amide bonds. The first kappa shape index (κ1) is 20.5. The quantitative estimate of drug-likeness (QED) is 0.512. The van der Waals surface area contributed by atoms with Crippen molar-refractivity contribution in [2.24, 2.45) is 5.92 Å². The smallest absolute Gasteiger partial charge is 0.228 e. The summed E-state index contributed by atoms with van der Waals surface area (Å²) in [7, 11) is 5.11. The lowest BCUT2D eigenvalue weighted by molar-refractivity contribution is 0.00446. The molecule has 2 aromatic rings. The molecular formula is C18H24ClN5O4. The first-order valence-electron chi connectivity index (χ1n) is 8.84. The third kappa shape index (κ3) is 3.97. The fourth-order valence-electron chi connectivity index (χ4n) is 3.26. The van der Waals surface area contributed by atoms with Crippen molar-refractivity contribution in [3.05, 3.63) is 23.5 Å². The van der Waals surface area contributed by atoms with Crippen molar-refractivity contribution in [3.8, 4) is 17.0 Å². The van der Waals surface area contributed by atoms with Crippen LogP contribution in [0.2, 0.25) is 5.15 Å². The Morgan fingerprint density at radius 3 is 2.54 bits per heavy atom. The fraction of sp³-hybridized carbons (Fsp3) is 0.500. The monoisotopic (exact) mass is 409 g/mol. The topological polar surface area (TPSA) is 124 Å². The average Bonchev–Trinajstić information content (AvgIpc) is 2.95. The van der Waals surface area contributed by atoms with Gasteiger partial charge in [-0.25, -0.2) is 9.97 Å². The van der Waals surface area contributed by atoms with E-state index in [4.69, 9.17) is 16.3 Å². The van der Waals surface area contributed by atoms with Gasteiger partial charge in [-0.15, -0.1) is 0 Å². The van der Waals surface area contributed by atoms with Gasteiger partial charge in [-0.2, -0.15) is 4.98 Å². The van der Waals surface area contributed by atoms with E-state index in [-0.39, 0.29) is 11.8 Å². The van der Waals surface area contributed by atoms with Crippen molar-refractivity contribution >= 4 is 23.4 Å². The number of nitrogens with one attached hydrogen (secondary N) is 1. The van der Waals surface area contributed by atoms with Crippen LogP contribution in [-0.4, -0.2) is 76.3 Å². The molecule has 1 saturated carbocycles. The Bertz CT molecular complexity index is 820. The number of aromatic nitrogens is 3. The molecule has 4 atom stereocenters. The van der Waals surface area contributed by atoms with Crippen LogP contribution in [-0.2, 0) is 0 Å². The van der Waals surface area contributed by atoms with E-state index >= 15 is 0 Å². The van der Waals surface area contributed by atoms with Crippen LogP contribution in [0.5, 0.6) is 5.88 Å². The number of anilines is 2. The number of pyridine rings is 1. The van der Waals surface area contributed by atoms with Gasteiger partial charge in [0.1, 0.15) is 17.1 Å². The molecule has 152 valence electrons. The molecule has 2 aromatic heterocycles. The highest BCUT2D eigenvalue weighted by Gasteiger charge is 2.41. The molecule has 0 spiro atoms. The molecule has 0 radical (unpaired) electrons. The summed E-state index contributed by atoms with van der Waals surface area (Å²) in [6.07, 6.45) is -0.0758. The Kier molecular flexibility index (Phi) is 6.19. The van der Waals surface area contributed by atoms with Crippen molar-refractivity contribution in [3.63, 3.8) is 0 Å². The maximum atomic E-state index is 10.4. The van der Waals surface area contributed by atoms with Crippen LogP contribution in [0.1, 0.15) is 6.42 Å². The third-order valence-corrected chi connectivity index (χ3v) is 5.12. The third-order valence-electron chi connectivity index (χ3n) is 4.85. The summed E-state index contributed by atoms with van der Waals surface area (Å²) < 4.78 is 5.09. The zero-order chi connectivity index (χ0) is 20.4. The van der Waals surface area contributed by atoms with Crippen molar-refractivity contribution in [2.45, 2.75) is 24.7 Å². The van der Waals surface area contributed by atoms with Crippen molar-refractivity contribution < 1.29 is 20.1 Å². The lowest BCUT2D eigenvalue weighted by Crippen LogP contribution is -2.35. The standard InChI is InChI=1S/C18H24ClN5O4/c1-24(2)18-22-16(19)13(9-4-5-12(28-3)20-7-9)17(23-18)21-11-6-10(8-25)14(26)15(11)27/h4-5,7,10-11,14-15,25-27H,6,8H2,1-3H3,(H,21,22,23)/t10-,11-,14-,15+/m1/s1. The summed E-state index contributed by atoms with van der Waals surface area (Å²) in [6.45, 7) is -0.209. The molecule has 4 N–H and O–H groups in total. The van der Waals surface area contributed by atoms with E-state index < -0.39 is 24.2 Å². The summed E-state index contributed by atoms with van der Waals surface area (Å²) >= 11 is 6.46. The maximum absolute atomic E-state index is 10.4. The number of hydrogen-bond acceptors (Lipinski definition) is 9. The summed E-state index contributed by atoms with van der Waals surface area (Å²) in [5.41, 5.74) is 1.20. The molecule has 9 nitrogen and oxygen atoms in total. The molecule has 0 unspecified atom stereocenters. The Morgan fingerprint density at radius 2 is 2.00 bits per heavy atom. The minimum Gasteiger partial charge on any atom is -0.481 e. The molecule has 1 fully saturated rings. The molecule has 10 heteroatoms. The van der Waals surface area contributed by atoms with Gasteiger partial charge >= 0.3 is 0 Å². The molecule has 0 bridgehead atoms. The van der Waals surface area contributed by atoms with Crippen LogP contribution in [0.15, 0.2) is 18.3 Å². The van der Waals surface area contributed by atoms with Crippen molar-refractivity contribution in [2.75, 3.05) is 38.0 Å². The summed E-state index contributed by atoms with van der Waals surface area (Å²) in [4.78, 5) is 14.8. The first-order valence-corrected chi connectivity index (χ1v) is 9.22. The van der Waals surface area contributed by atoms with E-state index in [1.807, 2.05) is 0 Å². The van der Waals surface area contributed by atoms with Gasteiger partial charge in [-0.3, -0.25) is 0 Å². The molecule has 0 aliphatic heterocycles. The molecule has 28 heavy (non-hydrogen) atoms. The number of nitrogens with zero attached hydrogens (tertiary/aromatic N) is 4. The van der Waals surface area contributed by atoms with Crippen LogP contribution in [0.3, 0.4) is 0 Å². The second-order valence-corrected chi connectivity index (χ2v) is 7.29. The molecule has 3 rings (SSSR count). The van der Waals surface area contributed by atoms with Crippen LogP contribution in [0, 0.1) is 5.92 Å². The number of hydrogen-bond donors (Lipinski definition) is 4. The lowest BCUT2D eigenvalue weighted by atomic mass is 10.1. The minimum atomic E-state index is -1.05. The lowest BCUT2D eigenvalue weighted by Gasteiger charge is -2.22. The number of rotatable bonds is 6. The molecule has 0 aromatic carbocycles. The summed E-state index contributed by atoms with van der Waals surface area (Å²) in [6, 6.07) is 2.98. The van der Waals surface area contributed by atoms with Crippen LogP contribution >= 0.6 is 11.6 Å². The number of halogens is 1. The van der Waals surface area contributed by atoms with E-state index in [9.17, 15) is 15.3 Å². The summed E-state index contributed by atoms with van der Waals surface area (Å²) in [5.74, 6) is 0.847. The van der Waals surface area contributed by atoms with E-state index in [0.717, 1.165) is 0 Å². The SMILES string of the molecule is COc1ccc(-c2c(Cl)nc(N(C)C)nc2N[C@@H]2C[C@H](CO)[C@@H](O)[C@H]2O)cn1. The van der Waals surface area contributed by atoms with E-state index in [1.165, 1.54) is 7.11 Å².